The molecule has 1 aliphatic heterocycles. The van der Waals surface area contributed by atoms with Crippen LogP contribution < -0.4 is 4.80 Å². The van der Waals surface area contributed by atoms with Crippen molar-refractivity contribution in [2.75, 3.05) is 19.4 Å². The number of aromatic nitrogens is 1. The molecule has 0 bridgehead atoms. The van der Waals surface area contributed by atoms with Crippen LogP contribution in [0.1, 0.15) is 35.1 Å². The van der Waals surface area contributed by atoms with E-state index in [9.17, 15) is 0 Å². The summed E-state index contributed by atoms with van der Waals surface area (Å²) >= 11 is 3.38. The van der Waals surface area contributed by atoms with Gasteiger partial charge in [-0.25, -0.2) is 4.68 Å². The standard InChI is InChI=1S/C25H29N3OS2/c1-17-12-19(3)23(13-18(17)2)24-16-31-25(26-15-21-6-5-11-29-21)28(24)27-14-20-7-9-22(30-4)10-8-20/h7-10,12-14,16,21H,5-6,11,15H2,1-4H3. The van der Waals surface area contributed by atoms with Gasteiger partial charge in [0.2, 0.25) is 4.80 Å². The molecule has 4 nitrogen and oxygen atoms in total. The summed E-state index contributed by atoms with van der Waals surface area (Å²) in [6.45, 7) is 8.02. The number of thioether (sulfide) groups is 1. The normalized spacial score (nSPS) is 17.2. The first-order valence-corrected chi connectivity index (χ1v) is 12.7. The lowest BCUT2D eigenvalue weighted by Crippen LogP contribution is -2.17. The molecule has 6 heteroatoms. The molecule has 1 fully saturated rings. The van der Waals surface area contributed by atoms with Crippen LogP contribution >= 0.6 is 23.1 Å². The van der Waals surface area contributed by atoms with Gasteiger partial charge in [0.05, 0.1) is 24.6 Å². The van der Waals surface area contributed by atoms with E-state index in [0.717, 1.165) is 35.5 Å². The second-order valence-electron chi connectivity index (χ2n) is 7.96. The third kappa shape index (κ3) is 5.20. The van der Waals surface area contributed by atoms with Gasteiger partial charge in [-0.15, -0.1) is 23.1 Å². The van der Waals surface area contributed by atoms with Crippen LogP contribution in [0.2, 0.25) is 0 Å². The smallest absolute Gasteiger partial charge is 0.206 e. The predicted molar refractivity (Wildman–Crippen MR) is 133 cm³/mol. The fourth-order valence-electron chi connectivity index (χ4n) is 3.72. The highest BCUT2D eigenvalue weighted by Crippen LogP contribution is 2.27. The molecule has 3 aromatic rings. The Morgan fingerprint density at radius 2 is 1.90 bits per heavy atom. The molecule has 2 heterocycles. The van der Waals surface area contributed by atoms with Gasteiger partial charge in [0.15, 0.2) is 0 Å². The number of nitrogens with zero attached hydrogens (tertiary/aromatic N) is 3. The van der Waals surface area contributed by atoms with Gasteiger partial charge in [0, 0.05) is 22.4 Å². The minimum absolute atomic E-state index is 0.227. The topological polar surface area (TPSA) is 38.9 Å². The number of ether oxygens (including phenoxy) is 1. The Bertz CT molecular complexity index is 1140. The zero-order chi connectivity index (χ0) is 21.8. The summed E-state index contributed by atoms with van der Waals surface area (Å²) in [4.78, 5) is 7.04. The lowest BCUT2D eigenvalue weighted by atomic mass is 9.99. The van der Waals surface area contributed by atoms with Crippen molar-refractivity contribution in [3.05, 3.63) is 68.8 Å². The van der Waals surface area contributed by atoms with Gasteiger partial charge in [0.1, 0.15) is 0 Å². The Hall–Kier alpha value is -2.15. The third-order valence-electron chi connectivity index (χ3n) is 5.69. The third-order valence-corrected chi connectivity index (χ3v) is 7.29. The maximum Gasteiger partial charge on any atom is 0.206 e. The van der Waals surface area contributed by atoms with E-state index in [0.29, 0.717) is 6.54 Å². The van der Waals surface area contributed by atoms with E-state index in [2.05, 4.69) is 68.8 Å². The minimum atomic E-state index is 0.227. The van der Waals surface area contributed by atoms with Crippen LogP contribution in [0.25, 0.3) is 11.3 Å². The molecule has 0 spiro atoms. The van der Waals surface area contributed by atoms with E-state index in [1.807, 2.05) is 10.9 Å². The largest absolute Gasteiger partial charge is 0.376 e. The highest BCUT2D eigenvalue weighted by Gasteiger charge is 2.16. The molecule has 0 aliphatic carbocycles. The molecular weight excluding hydrogens is 422 g/mol. The number of benzene rings is 2. The number of hydrogen-bond donors (Lipinski definition) is 0. The summed E-state index contributed by atoms with van der Waals surface area (Å²) in [7, 11) is 0. The zero-order valence-corrected chi connectivity index (χ0v) is 20.2. The summed E-state index contributed by atoms with van der Waals surface area (Å²) in [5, 5.41) is 7.03. The van der Waals surface area contributed by atoms with E-state index >= 15 is 0 Å². The number of thiazole rings is 1. The first kappa shape index (κ1) is 22.1. The molecule has 2 aromatic carbocycles. The molecular formula is C25H29N3OS2. The van der Waals surface area contributed by atoms with Crippen molar-refractivity contribution in [3.63, 3.8) is 0 Å². The Kier molecular flexibility index (Phi) is 7.10. The van der Waals surface area contributed by atoms with Crippen LogP contribution in [0.4, 0.5) is 0 Å². The van der Waals surface area contributed by atoms with Crippen LogP contribution in [-0.2, 0) is 4.74 Å². The Morgan fingerprint density at radius 3 is 2.61 bits per heavy atom. The van der Waals surface area contributed by atoms with Crippen molar-refractivity contribution in [1.29, 1.82) is 0 Å². The number of hydrogen-bond acceptors (Lipinski definition) is 5. The van der Waals surface area contributed by atoms with Crippen molar-refractivity contribution in [2.24, 2.45) is 10.1 Å². The van der Waals surface area contributed by atoms with Crippen LogP contribution in [0.3, 0.4) is 0 Å². The molecule has 1 aromatic heterocycles. The predicted octanol–water partition coefficient (Wildman–Crippen LogP) is 5.83. The van der Waals surface area contributed by atoms with Crippen molar-refractivity contribution in [3.8, 4) is 11.3 Å². The second-order valence-corrected chi connectivity index (χ2v) is 9.68. The molecule has 0 N–H and O–H groups in total. The first-order chi connectivity index (χ1) is 15.0. The molecule has 31 heavy (non-hydrogen) atoms. The lowest BCUT2D eigenvalue weighted by molar-refractivity contribution is 0.117. The maximum atomic E-state index is 5.77. The fourth-order valence-corrected chi connectivity index (χ4v) is 4.97. The first-order valence-electron chi connectivity index (χ1n) is 10.6. The number of rotatable bonds is 6. The van der Waals surface area contributed by atoms with Gasteiger partial charge in [-0.05, 0) is 80.3 Å². The molecule has 1 aliphatic rings. The average Bonchev–Trinajstić information content (AvgIpc) is 3.43. The summed E-state index contributed by atoms with van der Waals surface area (Å²) in [6, 6.07) is 13.0. The molecule has 0 saturated carbocycles. The maximum absolute atomic E-state index is 5.77. The van der Waals surface area contributed by atoms with Crippen LogP contribution in [0.15, 0.2) is 56.8 Å². The summed E-state index contributed by atoms with van der Waals surface area (Å²) in [5.74, 6) is 0. The van der Waals surface area contributed by atoms with Gasteiger partial charge in [-0.2, -0.15) is 5.10 Å². The average molecular weight is 452 g/mol. The van der Waals surface area contributed by atoms with Crippen molar-refractivity contribution in [2.45, 2.75) is 44.6 Å². The Morgan fingerprint density at radius 1 is 1.13 bits per heavy atom. The number of aryl methyl sites for hydroxylation is 3. The molecule has 162 valence electrons. The van der Waals surface area contributed by atoms with Crippen LogP contribution in [-0.4, -0.2) is 36.4 Å². The minimum Gasteiger partial charge on any atom is -0.376 e. The summed E-state index contributed by atoms with van der Waals surface area (Å²) in [5.41, 5.74) is 7.20. The van der Waals surface area contributed by atoms with Crippen LogP contribution in [0.5, 0.6) is 0 Å². The van der Waals surface area contributed by atoms with E-state index < -0.39 is 0 Å². The van der Waals surface area contributed by atoms with E-state index in [-0.39, 0.29) is 6.10 Å². The Balaban J connectivity index is 1.75. The fraction of sp³-hybridized carbons (Fsp3) is 0.360. The molecule has 4 rings (SSSR count). The Labute approximate surface area is 192 Å². The summed E-state index contributed by atoms with van der Waals surface area (Å²) in [6.07, 6.45) is 6.45. The van der Waals surface area contributed by atoms with Crippen molar-refractivity contribution in [1.82, 2.24) is 4.68 Å². The lowest BCUT2D eigenvalue weighted by Gasteiger charge is -2.11. The van der Waals surface area contributed by atoms with E-state index in [1.54, 1.807) is 23.1 Å². The molecule has 1 saturated heterocycles. The van der Waals surface area contributed by atoms with Crippen molar-refractivity contribution >= 4 is 29.3 Å². The van der Waals surface area contributed by atoms with Gasteiger partial charge in [0.25, 0.3) is 0 Å². The highest BCUT2D eigenvalue weighted by atomic mass is 32.2. The van der Waals surface area contributed by atoms with Gasteiger partial charge >= 0.3 is 0 Å². The SMILES string of the molecule is CSc1ccc(C=Nn2c(-c3cc(C)c(C)cc3C)csc2=NCC2CCCO2)cc1. The van der Waals surface area contributed by atoms with Gasteiger partial charge < -0.3 is 4.74 Å². The zero-order valence-electron chi connectivity index (χ0n) is 18.6. The van der Waals surface area contributed by atoms with Crippen molar-refractivity contribution < 1.29 is 4.74 Å². The quantitative estimate of drug-likeness (QED) is 0.350. The van der Waals surface area contributed by atoms with E-state index in [4.69, 9.17) is 14.8 Å². The van der Waals surface area contributed by atoms with Crippen LogP contribution in [0, 0.1) is 20.8 Å². The van der Waals surface area contributed by atoms with Gasteiger partial charge in [-0.3, -0.25) is 4.99 Å². The second kappa shape index (κ2) is 9.98. The molecule has 1 atom stereocenters. The highest BCUT2D eigenvalue weighted by molar-refractivity contribution is 7.98. The summed E-state index contributed by atoms with van der Waals surface area (Å²) < 4.78 is 7.75. The van der Waals surface area contributed by atoms with Gasteiger partial charge in [-0.1, -0.05) is 18.2 Å². The monoisotopic (exact) mass is 451 g/mol. The molecule has 1 unspecified atom stereocenters. The molecule has 0 radical (unpaired) electrons. The molecule has 0 amide bonds. The van der Waals surface area contributed by atoms with E-state index in [1.165, 1.54) is 27.1 Å².